The summed E-state index contributed by atoms with van der Waals surface area (Å²) in [4.78, 5) is 0. The molecule has 2 aliphatic rings. The number of hydrogen-bond acceptors (Lipinski definition) is 2. The van der Waals surface area contributed by atoms with Crippen molar-refractivity contribution in [2.24, 2.45) is 5.92 Å². The Balaban J connectivity index is 1.78. The van der Waals surface area contributed by atoms with E-state index in [9.17, 15) is 0 Å². The summed E-state index contributed by atoms with van der Waals surface area (Å²) < 4.78 is 5.37. The van der Waals surface area contributed by atoms with Gasteiger partial charge in [0.25, 0.3) is 0 Å². The Hall–Kier alpha value is -0.0800. The minimum atomic E-state index is 0.712. The van der Waals surface area contributed by atoms with Gasteiger partial charge in [0, 0.05) is 18.7 Å². The van der Waals surface area contributed by atoms with Crippen molar-refractivity contribution >= 4 is 0 Å². The predicted molar refractivity (Wildman–Crippen MR) is 44.5 cm³/mol. The first-order valence-corrected chi connectivity index (χ1v) is 4.70. The molecule has 0 amide bonds. The highest BCUT2D eigenvalue weighted by atomic mass is 16.5. The summed E-state index contributed by atoms with van der Waals surface area (Å²) in [5.41, 5.74) is 0. The van der Waals surface area contributed by atoms with Crippen molar-refractivity contribution in [1.29, 1.82) is 0 Å². The van der Waals surface area contributed by atoms with Crippen molar-refractivity contribution in [3.63, 3.8) is 0 Å². The third kappa shape index (κ3) is 1.94. The number of rotatable bonds is 2. The zero-order chi connectivity index (χ0) is 7.68. The van der Waals surface area contributed by atoms with Crippen LogP contribution in [0.5, 0.6) is 0 Å². The molecule has 0 spiro atoms. The fraction of sp³-hybridized carbons (Fsp3) is 1.00. The zero-order valence-corrected chi connectivity index (χ0v) is 7.18. The molecule has 0 radical (unpaired) electrons. The molecule has 64 valence electrons. The molecule has 0 aromatic rings. The maximum atomic E-state index is 5.37. The van der Waals surface area contributed by atoms with Crippen LogP contribution in [0, 0.1) is 5.92 Å². The maximum absolute atomic E-state index is 5.37. The molecule has 1 saturated carbocycles. The Morgan fingerprint density at radius 2 is 2.09 bits per heavy atom. The van der Waals surface area contributed by atoms with Gasteiger partial charge >= 0.3 is 0 Å². The van der Waals surface area contributed by atoms with Crippen LogP contribution in [0.3, 0.4) is 0 Å². The normalized spacial score (nSPS) is 39.0. The van der Waals surface area contributed by atoms with Gasteiger partial charge in [0.15, 0.2) is 0 Å². The molecule has 2 rings (SSSR count). The van der Waals surface area contributed by atoms with Crippen molar-refractivity contribution in [1.82, 2.24) is 5.32 Å². The van der Waals surface area contributed by atoms with Crippen molar-refractivity contribution in [3.05, 3.63) is 0 Å². The molecule has 0 aromatic heterocycles. The second-order valence-electron chi connectivity index (χ2n) is 3.89. The molecular weight excluding hydrogens is 138 g/mol. The monoisotopic (exact) mass is 155 g/mol. The highest BCUT2D eigenvalue weighted by Gasteiger charge is 2.28. The molecular formula is C9H17NO. The summed E-state index contributed by atoms with van der Waals surface area (Å²) in [5, 5.41) is 3.66. The predicted octanol–water partition coefficient (Wildman–Crippen LogP) is 1.16. The topological polar surface area (TPSA) is 21.3 Å². The molecule has 1 aliphatic carbocycles. The Morgan fingerprint density at radius 1 is 1.27 bits per heavy atom. The number of ether oxygens (including phenoxy) is 1. The molecule has 2 nitrogen and oxygen atoms in total. The molecule has 2 unspecified atom stereocenters. The third-order valence-corrected chi connectivity index (χ3v) is 2.67. The second-order valence-corrected chi connectivity index (χ2v) is 3.89. The summed E-state index contributed by atoms with van der Waals surface area (Å²) in [6.07, 6.45) is 3.99. The van der Waals surface area contributed by atoms with Gasteiger partial charge in [0.05, 0.1) is 6.61 Å². The standard InChI is InChI=1S/C9H17NO/c1-7-6-11-5-4-9(7)10-8-2-3-8/h7-10H,2-6H2,1H3. The summed E-state index contributed by atoms with van der Waals surface area (Å²) in [6.45, 7) is 4.18. The molecule has 1 saturated heterocycles. The van der Waals surface area contributed by atoms with E-state index in [1.165, 1.54) is 19.3 Å². The van der Waals surface area contributed by atoms with Crippen molar-refractivity contribution < 1.29 is 4.74 Å². The largest absolute Gasteiger partial charge is 0.381 e. The minimum Gasteiger partial charge on any atom is -0.381 e. The van der Waals surface area contributed by atoms with E-state index in [-0.39, 0.29) is 0 Å². The van der Waals surface area contributed by atoms with Crippen LogP contribution in [0.2, 0.25) is 0 Å². The van der Waals surface area contributed by atoms with E-state index < -0.39 is 0 Å². The van der Waals surface area contributed by atoms with E-state index in [0.29, 0.717) is 5.92 Å². The van der Waals surface area contributed by atoms with Crippen LogP contribution in [0.1, 0.15) is 26.2 Å². The van der Waals surface area contributed by atoms with Crippen LogP contribution in [-0.2, 0) is 4.74 Å². The molecule has 2 atom stereocenters. The average Bonchev–Trinajstić information content (AvgIpc) is 2.78. The summed E-state index contributed by atoms with van der Waals surface area (Å²) >= 11 is 0. The van der Waals surface area contributed by atoms with Crippen LogP contribution in [0.4, 0.5) is 0 Å². The van der Waals surface area contributed by atoms with Gasteiger partial charge in [-0.25, -0.2) is 0 Å². The molecule has 1 N–H and O–H groups in total. The van der Waals surface area contributed by atoms with E-state index in [1.54, 1.807) is 0 Å². The Labute approximate surface area is 68.3 Å². The van der Waals surface area contributed by atoms with Gasteiger partial charge in [-0.05, 0) is 25.2 Å². The minimum absolute atomic E-state index is 0.712. The second kappa shape index (κ2) is 3.11. The van der Waals surface area contributed by atoms with E-state index in [0.717, 1.165) is 25.3 Å². The van der Waals surface area contributed by atoms with E-state index >= 15 is 0 Å². The van der Waals surface area contributed by atoms with Gasteiger partial charge in [0.1, 0.15) is 0 Å². The van der Waals surface area contributed by atoms with E-state index in [2.05, 4.69) is 12.2 Å². The van der Waals surface area contributed by atoms with Gasteiger partial charge in [-0.2, -0.15) is 0 Å². The quantitative estimate of drug-likeness (QED) is 0.646. The summed E-state index contributed by atoms with van der Waals surface area (Å²) in [7, 11) is 0. The SMILES string of the molecule is CC1COCCC1NC1CC1. The van der Waals surface area contributed by atoms with Crippen LogP contribution in [-0.4, -0.2) is 25.3 Å². The van der Waals surface area contributed by atoms with Gasteiger partial charge in [-0.3, -0.25) is 0 Å². The Kier molecular flexibility index (Phi) is 2.14. The Morgan fingerprint density at radius 3 is 2.73 bits per heavy atom. The highest BCUT2D eigenvalue weighted by Crippen LogP contribution is 2.23. The molecule has 1 aliphatic heterocycles. The first-order chi connectivity index (χ1) is 5.36. The van der Waals surface area contributed by atoms with Crippen LogP contribution in [0.25, 0.3) is 0 Å². The maximum Gasteiger partial charge on any atom is 0.0506 e. The van der Waals surface area contributed by atoms with Crippen LogP contribution < -0.4 is 5.32 Å². The van der Waals surface area contributed by atoms with E-state index in [1.807, 2.05) is 0 Å². The van der Waals surface area contributed by atoms with Gasteiger partial charge < -0.3 is 10.1 Å². The fourth-order valence-corrected chi connectivity index (χ4v) is 1.68. The van der Waals surface area contributed by atoms with Crippen LogP contribution in [0.15, 0.2) is 0 Å². The molecule has 11 heavy (non-hydrogen) atoms. The van der Waals surface area contributed by atoms with Crippen molar-refractivity contribution in [2.45, 2.75) is 38.3 Å². The van der Waals surface area contributed by atoms with Gasteiger partial charge in [0.2, 0.25) is 0 Å². The smallest absolute Gasteiger partial charge is 0.0506 e. The lowest BCUT2D eigenvalue weighted by molar-refractivity contribution is 0.0386. The number of nitrogens with one attached hydrogen (secondary N) is 1. The summed E-state index contributed by atoms with van der Waals surface area (Å²) in [5.74, 6) is 0.712. The number of hydrogen-bond donors (Lipinski definition) is 1. The zero-order valence-electron chi connectivity index (χ0n) is 7.18. The highest BCUT2D eigenvalue weighted by molar-refractivity contribution is 4.87. The Bertz CT molecular complexity index is 134. The lowest BCUT2D eigenvalue weighted by Gasteiger charge is -2.29. The summed E-state index contributed by atoms with van der Waals surface area (Å²) in [6, 6.07) is 1.58. The molecule has 0 bridgehead atoms. The lowest BCUT2D eigenvalue weighted by Crippen LogP contribution is -2.42. The van der Waals surface area contributed by atoms with Crippen LogP contribution >= 0.6 is 0 Å². The molecule has 2 heteroatoms. The lowest BCUT2D eigenvalue weighted by atomic mass is 9.98. The molecule has 2 fully saturated rings. The van der Waals surface area contributed by atoms with Crippen molar-refractivity contribution in [3.8, 4) is 0 Å². The van der Waals surface area contributed by atoms with Gasteiger partial charge in [-0.1, -0.05) is 6.92 Å². The molecule has 1 heterocycles. The molecule has 0 aromatic carbocycles. The first-order valence-electron chi connectivity index (χ1n) is 4.70. The fourth-order valence-electron chi connectivity index (χ4n) is 1.68. The van der Waals surface area contributed by atoms with E-state index in [4.69, 9.17) is 4.74 Å². The van der Waals surface area contributed by atoms with Crippen molar-refractivity contribution in [2.75, 3.05) is 13.2 Å². The van der Waals surface area contributed by atoms with Gasteiger partial charge in [-0.15, -0.1) is 0 Å². The third-order valence-electron chi connectivity index (χ3n) is 2.67. The first kappa shape index (κ1) is 7.56. The average molecular weight is 155 g/mol.